The summed E-state index contributed by atoms with van der Waals surface area (Å²) in [5.41, 5.74) is 2.51. The second-order valence-corrected chi connectivity index (χ2v) is 8.03. The highest BCUT2D eigenvalue weighted by Crippen LogP contribution is 2.28. The van der Waals surface area contributed by atoms with E-state index in [0.29, 0.717) is 10.3 Å². The van der Waals surface area contributed by atoms with Crippen molar-refractivity contribution in [2.75, 3.05) is 10.6 Å². The standard InChI is InChI=1S/C20H20N4O2S2/c1-4-15-10-21-19(28-15)24-18(26)12(3)13-7-6-8-14(9-13)16-11-27-20(22-16)23-17(25)5-2/h5-12H,2,4H2,1,3H3,(H,21,24,26)(H,22,23,25)/t12-/m0/s1. The zero-order valence-corrected chi connectivity index (χ0v) is 17.2. The van der Waals surface area contributed by atoms with Gasteiger partial charge >= 0.3 is 0 Å². The van der Waals surface area contributed by atoms with Crippen molar-refractivity contribution in [3.8, 4) is 11.3 Å². The first-order valence-corrected chi connectivity index (χ1v) is 10.4. The topological polar surface area (TPSA) is 84.0 Å². The van der Waals surface area contributed by atoms with Crippen LogP contribution in [0.1, 0.15) is 30.2 Å². The van der Waals surface area contributed by atoms with Gasteiger partial charge in [0.05, 0.1) is 11.6 Å². The number of amides is 2. The molecule has 1 aromatic carbocycles. The Morgan fingerprint density at radius 3 is 2.82 bits per heavy atom. The lowest BCUT2D eigenvalue weighted by molar-refractivity contribution is -0.117. The Kier molecular flexibility index (Phi) is 6.33. The predicted molar refractivity (Wildman–Crippen MR) is 115 cm³/mol. The van der Waals surface area contributed by atoms with Gasteiger partial charge in [-0.3, -0.25) is 14.9 Å². The molecule has 0 unspecified atom stereocenters. The van der Waals surface area contributed by atoms with E-state index in [2.05, 4.69) is 34.1 Å². The molecule has 6 nitrogen and oxygen atoms in total. The molecule has 0 radical (unpaired) electrons. The maximum Gasteiger partial charge on any atom is 0.249 e. The minimum Gasteiger partial charge on any atom is -0.301 e. The van der Waals surface area contributed by atoms with E-state index in [9.17, 15) is 9.59 Å². The van der Waals surface area contributed by atoms with E-state index in [1.807, 2.05) is 36.6 Å². The second kappa shape index (κ2) is 8.90. The highest BCUT2D eigenvalue weighted by Gasteiger charge is 2.18. The van der Waals surface area contributed by atoms with E-state index in [1.54, 1.807) is 6.20 Å². The number of carbonyl (C=O) groups is 2. The number of anilines is 2. The number of nitrogens with zero attached hydrogens (tertiary/aromatic N) is 2. The molecule has 3 aromatic rings. The first-order valence-electron chi connectivity index (χ1n) is 8.75. The molecule has 28 heavy (non-hydrogen) atoms. The number of aromatic nitrogens is 2. The van der Waals surface area contributed by atoms with Crippen LogP contribution in [-0.4, -0.2) is 21.8 Å². The lowest BCUT2D eigenvalue weighted by atomic mass is 9.97. The SMILES string of the molecule is C=CC(=O)Nc1nc(-c2cccc([C@H](C)C(=O)Nc3ncc(CC)s3)c2)cs1. The molecule has 1 atom stereocenters. The lowest BCUT2D eigenvalue weighted by Gasteiger charge is -2.12. The third kappa shape index (κ3) is 4.71. The molecule has 0 aliphatic carbocycles. The monoisotopic (exact) mass is 412 g/mol. The van der Waals surface area contributed by atoms with E-state index in [-0.39, 0.29) is 17.7 Å². The minimum atomic E-state index is -0.340. The molecule has 0 bridgehead atoms. The van der Waals surface area contributed by atoms with Crippen molar-refractivity contribution in [2.45, 2.75) is 26.2 Å². The minimum absolute atomic E-state index is 0.105. The van der Waals surface area contributed by atoms with E-state index in [4.69, 9.17) is 0 Å². The van der Waals surface area contributed by atoms with Crippen LogP contribution in [0, 0.1) is 0 Å². The van der Waals surface area contributed by atoms with Crippen molar-refractivity contribution in [1.82, 2.24) is 9.97 Å². The Labute approximate surface area is 171 Å². The van der Waals surface area contributed by atoms with Gasteiger partial charge in [-0.25, -0.2) is 9.97 Å². The highest BCUT2D eigenvalue weighted by molar-refractivity contribution is 7.15. The predicted octanol–water partition coefficient (Wildman–Crippen LogP) is 4.70. The van der Waals surface area contributed by atoms with Crippen LogP contribution in [0.3, 0.4) is 0 Å². The molecule has 0 aliphatic heterocycles. The van der Waals surface area contributed by atoms with Crippen molar-refractivity contribution in [3.63, 3.8) is 0 Å². The zero-order chi connectivity index (χ0) is 20.1. The Morgan fingerprint density at radius 2 is 2.11 bits per heavy atom. The van der Waals surface area contributed by atoms with Crippen LogP contribution in [0.4, 0.5) is 10.3 Å². The van der Waals surface area contributed by atoms with Crippen molar-refractivity contribution >= 4 is 44.8 Å². The highest BCUT2D eigenvalue weighted by atomic mass is 32.1. The molecular weight excluding hydrogens is 392 g/mol. The molecule has 2 amide bonds. The number of nitrogens with one attached hydrogen (secondary N) is 2. The first kappa shape index (κ1) is 19.9. The van der Waals surface area contributed by atoms with E-state index < -0.39 is 0 Å². The van der Waals surface area contributed by atoms with Gasteiger partial charge in [0.15, 0.2) is 10.3 Å². The van der Waals surface area contributed by atoms with Gasteiger partial charge in [0.1, 0.15) is 0 Å². The maximum absolute atomic E-state index is 12.6. The number of carbonyl (C=O) groups excluding carboxylic acids is 2. The zero-order valence-electron chi connectivity index (χ0n) is 15.6. The van der Waals surface area contributed by atoms with Crippen molar-refractivity contribution in [3.05, 3.63) is 58.9 Å². The summed E-state index contributed by atoms with van der Waals surface area (Å²) in [6, 6.07) is 7.68. The van der Waals surface area contributed by atoms with Crippen molar-refractivity contribution in [2.24, 2.45) is 0 Å². The molecule has 2 N–H and O–H groups in total. The van der Waals surface area contributed by atoms with Gasteiger partial charge < -0.3 is 5.32 Å². The van der Waals surface area contributed by atoms with Gasteiger partial charge in [-0.1, -0.05) is 31.7 Å². The number of rotatable bonds is 7. The average molecular weight is 413 g/mol. The van der Waals surface area contributed by atoms with Crippen LogP contribution in [0.2, 0.25) is 0 Å². The van der Waals surface area contributed by atoms with Gasteiger partial charge in [-0.05, 0) is 31.1 Å². The normalized spacial score (nSPS) is 11.6. The second-order valence-electron chi connectivity index (χ2n) is 6.05. The Hall–Kier alpha value is -2.84. The summed E-state index contributed by atoms with van der Waals surface area (Å²) in [7, 11) is 0. The van der Waals surface area contributed by atoms with Crippen LogP contribution in [-0.2, 0) is 16.0 Å². The fourth-order valence-corrected chi connectivity index (χ4v) is 3.96. The summed E-state index contributed by atoms with van der Waals surface area (Å²) in [5, 5.41) is 8.53. The summed E-state index contributed by atoms with van der Waals surface area (Å²) in [6.45, 7) is 7.34. The molecule has 2 aromatic heterocycles. The molecule has 8 heteroatoms. The average Bonchev–Trinajstić information content (AvgIpc) is 3.36. The molecule has 3 rings (SSSR count). The smallest absolute Gasteiger partial charge is 0.249 e. The van der Waals surface area contributed by atoms with Crippen molar-refractivity contribution < 1.29 is 9.59 Å². The number of thiazole rings is 2. The van der Waals surface area contributed by atoms with Crippen LogP contribution in [0.15, 0.2) is 48.5 Å². The molecule has 2 heterocycles. The van der Waals surface area contributed by atoms with E-state index >= 15 is 0 Å². The molecular formula is C20H20N4O2S2. The van der Waals surface area contributed by atoms with Gasteiger partial charge in [0.25, 0.3) is 0 Å². The number of hydrogen-bond donors (Lipinski definition) is 2. The van der Waals surface area contributed by atoms with Gasteiger partial charge in [-0.15, -0.1) is 22.7 Å². The van der Waals surface area contributed by atoms with Gasteiger partial charge in [-0.2, -0.15) is 0 Å². The molecule has 0 fully saturated rings. The maximum atomic E-state index is 12.6. The third-order valence-electron chi connectivity index (χ3n) is 4.13. The summed E-state index contributed by atoms with van der Waals surface area (Å²) in [5.74, 6) is -0.743. The van der Waals surface area contributed by atoms with Crippen LogP contribution in [0.25, 0.3) is 11.3 Å². The lowest BCUT2D eigenvalue weighted by Crippen LogP contribution is -2.18. The molecule has 0 spiro atoms. The van der Waals surface area contributed by atoms with Crippen LogP contribution in [0.5, 0.6) is 0 Å². The fourth-order valence-electron chi connectivity index (χ4n) is 2.48. The third-order valence-corrected chi connectivity index (χ3v) is 5.94. The Balaban J connectivity index is 1.74. The Morgan fingerprint density at radius 1 is 1.29 bits per heavy atom. The van der Waals surface area contributed by atoms with Crippen molar-refractivity contribution in [1.29, 1.82) is 0 Å². The molecule has 0 saturated heterocycles. The first-order chi connectivity index (χ1) is 13.5. The summed E-state index contributed by atoms with van der Waals surface area (Å²) < 4.78 is 0. The fraction of sp³-hybridized carbons (Fsp3) is 0.200. The van der Waals surface area contributed by atoms with Gasteiger partial charge in [0.2, 0.25) is 11.8 Å². The molecule has 144 valence electrons. The number of aryl methyl sites for hydroxylation is 1. The summed E-state index contributed by atoms with van der Waals surface area (Å²) in [6.07, 6.45) is 3.89. The number of hydrogen-bond acceptors (Lipinski definition) is 6. The molecule has 0 saturated carbocycles. The van der Waals surface area contributed by atoms with Crippen LogP contribution >= 0.6 is 22.7 Å². The molecule has 0 aliphatic rings. The Bertz CT molecular complexity index is 1010. The van der Waals surface area contributed by atoms with Gasteiger partial charge in [0, 0.05) is 22.0 Å². The van der Waals surface area contributed by atoms with E-state index in [1.165, 1.54) is 28.7 Å². The quantitative estimate of drug-likeness (QED) is 0.551. The number of benzene rings is 1. The van der Waals surface area contributed by atoms with Crippen LogP contribution < -0.4 is 10.6 Å². The largest absolute Gasteiger partial charge is 0.301 e. The summed E-state index contributed by atoms with van der Waals surface area (Å²) in [4.78, 5) is 33.8. The summed E-state index contributed by atoms with van der Waals surface area (Å²) >= 11 is 2.83. The van der Waals surface area contributed by atoms with E-state index in [0.717, 1.165) is 28.1 Å².